The number of aromatic nitrogens is 2. The number of nitrogens with zero attached hydrogens (tertiary/aromatic N) is 2. The maximum atomic E-state index is 5.89. The van der Waals surface area contributed by atoms with Gasteiger partial charge < -0.3 is 5.73 Å². The lowest BCUT2D eigenvalue weighted by molar-refractivity contribution is 1.16. The highest BCUT2D eigenvalue weighted by atomic mass is 15.0. The topological polar surface area (TPSA) is 43.3 Å². The molecule has 1 aromatic carbocycles. The molecule has 0 bridgehead atoms. The molecule has 3 heteroatoms. The van der Waals surface area contributed by atoms with Crippen molar-refractivity contribution in [3.05, 3.63) is 54.9 Å². The first-order valence-electron chi connectivity index (χ1n) is 5.13. The zero-order valence-corrected chi connectivity index (χ0v) is 8.67. The standard InChI is InChI=1S/C13H11N3/c14-11-7-4-8-16-12(11)9-15-13(16)10-5-2-1-3-6-10/h1-9H,14H2. The predicted octanol–water partition coefficient (Wildman–Crippen LogP) is 2.58. The third-order valence-electron chi connectivity index (χ3n) is 2.64. The number of rotatable bonds is 1. The summed E-state index contributed by atoms with van der Waals surface area (Å²) in [5.41, 5.74) is 8.67. The molecule has 0 amide bonds. The van der Waals surface area contributed by atoms with Gasteiger partial charge in [0.25, 0.3) is 0 Å². The summed E-state index contributed by atoms with van der Waals surface area (Å²) in [6.07, 6.45) is 3.78. The van der Waals surface area contributed by atoms with E-state index in [4.69, 9.17) is 5.73 Å². The molecule has 0 fully saturated rings. The first-order chi connectivity index (χ1) is 7.86. The molecular formula is C13H11N3. The summed E-state index contributed by atoms with van der Waals surface area (Å²) in [4.78, 5) is 4.41. The Hall–Kier alpha value is -2.29. The number of benzene rings is 1. The lowest BCUT2D eigenvalue weighted by Gasteiger charge is -2.02. The highest BCUT2D eigenvalue weighted by Gasteiger charge is 2.06. The Kier molecular flexibility index (Phi) is 1.90. The monoisotopic (exact) mass is 209 g/mol. The van der Waals surface area contributed by atoms with Crippen LogP contribution in [0.15, 0.2) is 54.9 Å². The van der Waals surface area contributed by atoms with Gasteiger partial charge in [-0.1, -0.05) is 30.3 Å². The molecule has 16 heavy (non-hydrogen) atoms. The van der Waals surface area contributed by atoms with E-state index in [9.17, 15) is 0 Å². The van der Waals surface area contributed by atoms with E-state index < -0.39 is 0 Å². The largest absolute Gasteiger partial charge is 0.397 e. The van der Waals surface area contributed by atoms with Crippen LogP contribution in [0.5, 0.6) is 0 Å². The van der Waals surface area contributed by atoms with Crippen LogP contribution in [-0.4, -0.2) is 9.38 Å². The third kappa shape index (κ3) is 1.26. The summed E-state index contributed by atoms with van der Waals surface area (Å²) in [6.45, 7) is 0. The Morgan fingerprint density at radius 2 is 1.81 bits per heavy atom. The summed E-state index contributed by atoms with van der Waals surface area (Å²) < 4.78 is 2.00. The molecule has 2 N–H and O–H groups in total. The van der Waals surface area contributed by atoms with Gasteiger partial charge >= 0.3 is 0 Å². The van der Waals surface area contributed by atoms with E-state index in [1.165, 1.54) is 0 Å². The molecular weight excluding hydrogens is 198 g/mol. The van der Waals surface area contributed by atoms with Gasteiger partial charge in [-0.3, -0.25) is 4.40 Å². The van der Waals surface area contributed by atoms with Crippen LogP contribution >= 0.6 is 0 Å². The molecule has 0 aliphatic carbocycles. The van der Waals surface area contributed by atoms with Crippen molar-refractivity contribution in [2.24, 2.45) is 0 Å². The molecule has 0 unspecified atom stereocenters. The minimum Gasteiger partial charge on any atom is -0.397 e. The van der Waals surface area contributed by atoms with Gasteiger partial charge in [-0.15, -0.1) is 0 Å². The van der Waals surface area contributed by atoms with Gasteiger partial charge in [0.05, 0.1) is 17.4 Å². The van der Waals surface area contributed by atoms with Crippen LogP contribution in [0.4, 0.5) is 5.69 Å². The van der Waals surface area contributed by atoms with Crippen LogP contribution < -0.4 is 5.73 Å². The third-order valence-corrected chi connectivity index (χ3v) is 2.64. The molecule has 3 rings (SSSR count). The first kappa shape index (κ1) is 8.97. The molecule has 2 heterocycles. The predicted molar refractivity (Wildman–Crippen MR) is 65.0 cm³/mol. The van der Waals surface area contributed by atoms with Crippen LogP contribution in [0, 0.1) is 0 Å². The highest BCUT2D eigenvalue weighted by molar-refractivity contribution is 5.73. The first-order valence-corrected chi connectivity index (χ1v) is 5.13. The Morgan fingerprint density at radius 3 is 2.62 bits per heavy atom. The minimum absolute atomic E-state index is 0.747. The van der Waals surface area contributed by atoms with Gasteiger partial charge in [0.15, 0.2) is 0 Å². The molecule has 2 aromatic heterocycles. The lowest BCUT2D eigenvalue weighted by atomic mass is 10.2. The van der Waals surface area contributed by atoms with Crippen molar-refractivity contribution >= 4 is 11.2 Å². The van der Waals surface area contributed by atoms with E-state index in [-0.39, 0.29) is 0 Å². The average Bonchev–Trinajstić information content (AvgIpc) is 2.75. The number of nitrogens with two attached hydrogens (primary N) is 1. The van der Waals surface area contributed by atoms with Gasteiger partial charge in [-0.25, -0.2) is 4.98 Å². The van der Waals surface area contributed by atoms with Crippen molar-refractivity contribution in [1.29, 1.82) is 0 Å². The lowest BCUT2D eigenvalue weighted by Crippen LogP contribution is -1.92. The van der Waals surface area contributed by atoms with Crippen LogP contribution in [-0.2, 0) is 0 Å². The Labute approximate surface area is 93.2 Å². The van der Waals surface area contributed by atoms with Gasteiger partial charge in [-0.2, -0.15) is 0 Å². The normalized spacial score (nSPS) is 10.8. The maximum absolute atomic E-state index is 5.89. The number of hydrogen-bond donors (Lipinski definition) is 1. The Morgan fingerprint density at radius 1 is 1.00 bits per heavy atom. The summed E-state index contributed by atoms with van der Waals surface area (Å²) in [5.74, 6) is 0.919. The Balaban J connectivity index is 2.30. The van der Waals surface area contributed by atoms with Crippen LogP contribution in [0.25, 0.3) is 16.9 Å². The van der Waals surface area contributed by atoms with E-state index in [2.05, 4.69) is 4.98 Å². The van der Waals surface area contributed by atoms with Gasteiger partial charge in [0.1, 0.15) is 5.82 Å². The summed E-state index contributed by atoms with van der Waals surface area (Å²) in [6, 6.07) is 13.9. The number of nitrogen functional groups attached to an aromatic ring is 1. The average molecular weight is 209 g/mol. The SMILES string of the molecule is Nc1cccn2c(-c3ccccc3)ncc12. The minimum atomic E-state index is 0.747. The second-order valence-electron chi connectivity index (χ2n) is 3.67. The fourth-order valence-corrected chi connectivity index (χ4v) is 1.84. The van der Waals surface area contributed by atoms with Crippen molar-refractivity contribution < 1.29 is 0 Å². The number of anilines is 1. The number of fused-ring (bicyclic) bond motifs is 1. The fraction of sp³-hybridized carbons (Fsp3) is 0. The molecule has 3 aromatic rings. The van der Waals surface area contributed by atoms with Crippen LogP contribution in [0.3, 0.4) is 0 Å². The highest BCUT2D eigenvalue weighted by Crippen LogP contribution is 2.22. The summed E-state index contributed by atoms with van der Waals surface area (Å²) in [5, 5.41) is 0. The van der Waals surface area contributed by atoms with Crippen LogP contribution in [0.2, 0.25) is 0 Å². The molecule has 0 radical (unpaired) electrons. The van der Waals surface area contributed by atoms with Crippen molar-refractivity contribution in [3.63, 3.8) is 0 Å². The molecule has 0 aliphatic heterocycles. The summed E-state index contributed by atoms with van der Waals surface area (Å²) in [7, 11) is 0. The smallest absolute Gasteiger partial charge is 0.144 e. The number of pyridine rings is 1. The zero-order valence-electron chi connectivity index (χ0n) is 8.67. The number of imidazole rings is 1. The summed E-state index contributed by atoms with van der Waals surface area (Å²) >= 11 is 0. The quantitative estimate of drug-likeness (QED) is 0.669. The number of hydrogen-bond acceptors (Lipinski definition) is 2. The molecule has 0 atom stereocenters. The Bertz CT molecular complexity index is 626. The van der Waals surface area contributed by atoms with E-state index in [0.717, 1.165) is 22.6 Å². The van der Waals surface area contributed by atoms with E-state index in [1.807, 2.05) is 53.1 Å². The van der Waals surface area contributed by atoms with E-state index in [1.54, 1.807) is 6.20 Å². The van der Waals surface area contributed by atoms with Gasteiger partial charge in [0, 0.05) is 11.8 Å². The van der Waals surface area contributed by atoms with Crippen molar-refractivity contribution in [1.82, 2.24) is 9.38 Å². The fourth-order valence-electron chi connectivity index (χ4n) is 1.84. The van der Waals surface area contributed by atoms with E-state index >= 15 is 0 Å². The van der Waals surface area contributed by atoms with Crippen LogP contribution in [0.1, 0.15) is 0 Å². The van der Waals surface area contributed by atoms with Crippen molar-refractivity contribution in [2.45, 2.75) is 0 Å². The van der Waals surface area contributed by atoms with Crippen molar-refractivity contribution in [3.8, 4) is 11.4 Å². The molecule has 78 valence electrons. The molecule has 0 saturated carbocycles. The molecule has 3 nitrogen and oxygen atoms in total. The van der Waals surface area contributed by atoms with Crippen molar-refractivity contribution in [2.75, 3.05) is 5.73 Å². The molecule has 0 saturated heterocycles. The zero-order chi connectivity index (χ0) is 11.0. The van der Waals surface area contributed by atoms with E-state index in [0.29, 0.717) is 0 Å². The second-order valence-corrected chi connectivity index (χ2v) is 3.67. The van der Waals surface area contributed by atoms with Gasteiger partial charge in [-0.05, 0) is 12.1 Å². The van der Waals surface area contributed by atoms with Gasteiger partial charge in [0.2, 0.25) is 0 Å². The second kappa shape index (κ2) is 3.38. The maximum Gasteiger partial charge on any atom is 0.144 e. The molecule has 0 spiro atoms. The molecule has 0 aliphatic rings.